The van der Waals surface area contributed by atoms with E-state index in [1.54, 1.807) is 7.11 Å². The zero-order valence-electron chi connectivity index (χ0n) is 10.5. The smallest absolute Gasteiger partial charge is 0.159 e. The molecule has 1 aliphatic carbocycles. The van der Waals surface area contributed by atoms with Crippen molar-refractivity contribution in [3.63, 3.8) is 0 Å². The predicted molar refractivity (Wildman–Crippen MR) is 64.3 cm³/mol. The number of aliphatic hydroxyl groups excluding tert-OH is 1. The minimum Gasteiger partial charge on any atom is -0.393 e. The van der Waals surface area contributed by atoms with Crippen LogP contribution in [0.5, 0.6) is 0 Å². The minimum atomic E-state index is -0.871. The zero-order valence-corrected chi connectivity index (χ0v) is 10.5. The Balaban J connectivity index is 1.94. The maximum atomic E-state index is 13.0. The molecule has 0 spiro atoms. The van der Waals surface area contributed by atoms with Gasteiger partial charge in [-0.2, -0.15) is 0 Å². The second kappa shape index (κ2) is 5.33. The van der Waals surface area contributed by atoms with Crippen LogP contribution in [0.25, 0.3) is 0 Å². The van der Waals surface area contributed by atoms with E-state index in [0.717, 1.165) is 31.4 Å². The molecule has 100 valence electrons. The molecule has 0 aliphatic heterocycles. The molecule has 0 saturated heterocycles. The highest BCUT2D eigenvalue weighted by atomic mass is 19.2. The van der Waals surface area contributed by atoms with Gasteiger partial charge < -0.3 is 9.84 Å². The Morgan fingerprint density at radius 3 is 2.56 bits per heavy atom. The summed E-state index contributed by atoms with van der Waals surface area (Å²) < 4.78 is 31.2. The van der Waals surface area contributed by atoms with E-state index in [1.807, 2.05) is 0 Å². The Hall–Kier alpha value is -1.00. The van der Waals surface area contributed by atoms with Crippen molar-refractivity contribution in [2.75, 3.05) is 7.11 Å². The molecule has 0 radical (unpaired) electrons. The van der Waals surface area contributed by atoms with Crippen molar-refractivity contribution < 1.29 is 18.6 Å². The molecule has 0 amide bonds. The Morgan fingerprint density at radius 2 is 2.06 bits per heavy atom. The van der Waals surface area contributed by atoms with E-state index < -0.39 is 17.7 Å². The quantitative estimate of drug-likeness (QED) is 0.877. The Bertz CT molecular complexity index is 411. The number of methoxy groups -OCH3 is 1. The summed E-state index contributed by atoms with van der Waals surface area (Å²) in [5.41, 5.74) is 0.393. The van der Waals surface area contributed by atoms with Gasteiger partial charge in [-0.25, -0.2) is 8.78 Å². The molecule has 0 aromatic heterocycles. The number of rotatable bonds is 5. The molecule has 0 heterocycles. The molecular weight excluding hydrogens is 238 g/mol. The van der Waals surface area contributed by atoms with Crippen molar-refractivity contribution in [2.45, 2.75) is 43.8 Å². The molecule has 18 heavy (non-hydrogen) atoms. The number of halogens is 2. The van der Waals surface area contributed by atoms with Gasteiger partial charge in [0.1, 0.15) is 0 Å². The zero-order chi connectivity index (χ0) is 13.2. The lowest BCUT2D eigenvalue weighted by Gasteiger charge is -2.41. The summed E-state index contributed by atoms with van der Waals surface area (Å²) in [6.07, 6.45) is 3.31. The van der Waals surface area contributed by atoms with E-state index in [1.165, 1.54) is 6.07 Å². The van der Waals surface area contributed by atoms with E-state index in [2.05, 4.69) is 0 Å². The normalized spacial score (nSPS) is 19.3. The van der Waals surface area contributed by atoms with Crippen molar-refractivity contribution in [1.82, 2.24) is 0 Å². The van der Waals surface area contributed by atoms with Crippen LogP contribution in [0, 0.1) is 11.6 Å². The van der Waals surface area contributed by atoms with Gasteiger partial charge in [-0.3, -0.25) is 0 Å². The van der Waals surface area contributed by atoms with E-state index >= 15 is 0 Å². The van der Waals surface area contributed by atoms with Crippen molar-refractivity contribution in [3.8, 4) is 0 Å². The third-order valence-corrected chi connectivity index (χ3v) is 3.76. The topological polar surface area (TPSA) is 29.5 Å². The van der Waals surface area contributed by atoms with Crippen LogP contribution in [0.2, 0.25) is 0 Å². The average molecular weight is 256 g/mol. The Morgan fingerprint density at radius 1 is 1.33 bits per heavy atom. The van der Waals surface area contributed by atoms with Crippen LogP contribution in [-0.2, 0) is 11.2 Å². The monoisotopic (exact) mass is 256 g/mol. The molecule has 1 aromatic carbocycles. The van der Waals surface area contributed by atoms with Gasteiger partial charge in [-0.1, -0.05) is 6.07 Å². The summed E-state index contributed by atoms with van der Waals surface area (Å²) in [5, 5.41) is 10.00. The van der Waals surface area contributed by atoms with Crippen LogP contribution in [0.3, 0.4) is 0 Å². The van der Waals surface area contributed by atoms with Crippen LogP contribution < -0.4 is 0 Å². The van der Waals surface area contributed by atoms with E-state index in [4.69, 9.17) is 4.74 Å². The summed E-state index contributed by atoms with van der Waals surface area (Å²) in [7, 11) is 1.66. The summed E-state index contributed by atoms with van der Waals surface area (Å²) in [6.45, 7) is 0. The Kier molecular flexibility index (Phi) is 3.97. The molecule has 1 atom stereocenters. The molecule has 1 fully saturated rings. The van der Waals surface area contributed by atoms with Crippen LogP contribution in [0.1, 0.15) is 31.2 Å². The molecule has 1 aromatic rings. The lowest BCUT2D eigenvalue weighted by molar-refractivity contribution is -0.0989. The van der Waals surface area contributed by atoms with E-state index in [0.29, 0.717) is 18.4 Å². The molecule has 1 saturated carbocycles. The molecule has 1 N–H and O–H groups in total. The lowest BCUT2D eigenvalue weighted by atomic mass is 9.75. The standard InChI is InChI=1S/C14H18F2O2/c1-18-14(5-2-6-14)9-11(17)7-10-3-4-12(15)13(16)8-10/h3-4,8,11,17H,2,5-7,9H2,1H3. The first-order valence-corrected chi connectivity index (χ1v) is 6.22. The average Bonchev–Trinajstić information content (AvgIpc) is 2.29. The maximum Gasteiger partial charge on any atom is 0.159 e. The number of hydrogen-bond donors (Lipinski definition) is 1. The fourth-order valence-electron chi connectivity index (χ4n) is 2.50. The Labute approximate surface area is 106 Å². The highest BCUT2D eigenvalue weighted by molar-refractivity contribution is 5.18. The van der Waals surface area contributed by atoms with Crippen LogP contribution in [0.15, 0.2) is 18.2 Å². The van der Waals surface area contributed by atoms with Gasteiger partial charge in [-0.15, -0.1) is 0 Å². The fourth-order valence-corrected chi connectivity index (χ4v) is 2.50. The van der Waals surface area contributed by atoms with Gasteiger partial charge in [0.2, 0.25) is 0 Å². The van der Waals surface area contributed by atoms with Crippen LogP contribution in [-0.4, -0.2) is 23.9 Å². The van der Waals surface area contributed by atoms with Crippen molar-refractivity contribution in [3.05, 3.63) is 35.4 Å². The van der Waals surface area contributed by atoms with Gasteiger partial charge in [-0.05, 0) is 43.4 Å². The summed E-state index contributed by atoms with van der Waals surface area (Å²) in [5.74, 6) is -1.73. The minimum absolute atomic E-state index is 0.210. The van der Waals surface area contributed by atoms with Crippen molar-refractivity contribution >= 4 is 0 Å². The van der Waals surface area contributed by atoms with Gasteiger partial charge in [0.15, 0.2) is 11.6 Å². The van der Waals surface area contributed by atoms with Crippen LogP contribution in [0.4, 0.5) is 8.78 Å². The van der Waals surface area contributed by atoms with Crippen molar-refractivity contribution in [2.24, 2.45) is 0 Å². The molecule has 1 unspecified atom stereocenters. The first kappa shape index (κ1) is 13.4. The highest BCUT2D eigenvalue weighted by Gasteiger charge is 2.38. The second-order valence-corrected chi connectivity index (χ2v) is 5.05. The SMILES string of the molecule is COC1(CC(O)Cc2ccc(F)c(F)c2)CCC1. The number of hydrogen-bond acceptors (Lipinski definition) is 2. The lowest BCUT2D eigenvalue weighted by Crippen LogP contribution is -2.42. The number of benzene rings is 1. The molecule has 2 nitrogen and oxygen atoms in total. The van der Waals surface area contributed by atoms with E-state index in [9.17, 15) is 13.9 Å². The molecule has 4 heteroatoms. The largest absolute Gasteiger partial charge is 0.393 e. The summed E-state index contributed by atoms with van der Waals surface area (Å²) >= 11 is 0. The first-order valence-electron chi connectivity index (χ1n) is 6.22. The third kappa shape index (κ3) is 2.87. The summed E-state index contributed by atoms with van der Waals surface area (Å²) in [6, 6.07) is 3.73. The number of ether oxygens (including phenoxy) is 1. The fraction of sp³-hybridized carbons (Fsp3) is 0.571. The highest BCUT2D eigenvalue weighted by Crippen LogP contribution is 2.39. The van der Waals surface area contributed by atoms with Gasteiger partial charge in [0, 0.05) is 13.5 Å². The van der Waals surface area contributed by atoms with Gasteiger partial charge in [0.25, 0.3) is 0 Å². The molecule has 2 rings (SSSR count). The van der Waals surface area contributed by atoms with Crippen molar-refractivity contribution in [1.29, 1.82) is 0 Å². The third-order valence-electron chi connectivity index (χ3n) is 3.76. The van der Waals surface area contributed by atoms with Gasteiger partial charge in [0.05, 0.1) is 11.7 Å². The molecule has 1 aliphatic rings. The van der Waals surface area contributed by atoms with Crippen LogP contribution >= 0.6 is 0 Å². The molecule has 0 bridgehead atoms. The summed E-state index contributed by atoms with van der Waals surface area (Å²) in [4.78, 5) is 0. The second-order valence-electron chi connectivity index (χ2n) is 5.05. The van der Waals surface area contributed by atoms with Gasteiger partial charge >= 0.3 is 0 Å². The van der Waals surface area contributed by atoms with E-state index in [-0.39, 0.29) is 5.60 Å². The maximum absolute atomic E-state index is 13.0. The molecular formula is C14H18F2O2. The first-order chi connectivity index (χ1) is 8.54. The predicted octanol–water partition coefficient (Wildman–Crippen LogP) is 2.83. The number of aliphatic hydroxyl groups is 1.